The number of hydrogen-bond donors (Lipinski definition) is 1. The van der Waals surface area contributed by atoms with Crippen LogP contribution in [-0.2, 0) is 9.22 Å². The lowest BCUT2D eigenvalue weighted by atomic mass is 9.97. The van der Waals surface area contributed by atoms with Crippen molar-refractivity contribution in [1.82, 2.24) is 5.32 Å². The molecule has 0 aliphatic carbocycles. The molecule has 100 valence electrons. The van der Waals surface area contributed by atoms with Gasteiger partial charge in [0.2, 0.25) is 0 Å². The van der Waals surface area contributed by atoms with Crippen molar-refractivity contribution in [2.45, 2.75) is 51.0 Å². The third-order valence-corrected chi connectivity index (χ3v) is 8.44. The number of nitrogens with one attached hydrogen (secondary N) is 1. The van der Waals surface area contributed by atoms with Gasteiger partial charge in [-0.1, -0.05) is 20.8 Å². The van der Waals surface area contributed by atoms with Crippen LogP contribution in [0.5, 0.6) is 0 Å². The van der Waals surface area contributed by atoms with Crippen LogP contribution in [0.4, 0.5) is 0 Å². The summed E-state index contributed by atoms with van der Waals surface area (Å²) < 4.78 is 11.2. The first-order valence-corrected chi connectivity index (χ1v) is 9.13. The predicted octanol–water partition coefficient (Wildman–Crippen LogP) is 2.84. The second kappa shape index (κ2) is 4.24. The van der Waals surface area contributed by atoms with E-state index in [2.05, 4.69) is 39.2 Å². The normalized spacial score (nSPS) is 24.6. The van der Waals surface area contributed by atoms with Crippen molar-refractivity contribution < 1.29 is 13.6 Å². The van der Waals surface area contributed by atoms with Gasteiger partial charge in [0, 0.05) is 5.56 Å². The molecule has 1 aromatic rings. The van der Waals surface area contributed by atoms with Gasteiger partial charge in [0.25, 0.3) is 5.91 Å². The van der Waals surface area contributed by atoms with Crippen LogP contribution >= 0.6 is 0 Å². The molecule has 2 atom stereocenters. The van der Waals surface area contributed by atoms with E-state index in [4.69, 9.17) is 8.84 Å². The zero-order chi connectivity index (χ0) is 13.6. The zero-order valence-electron chi connectivity index (χ0n) is 11.6. The van der Waals surface area contributed by atoms with Crippen LogP contribution in [0.3, 0.4) is 0 Å². The van der Waals surface area contributed by atoms with Crippen molar-refractivity contribution in [1.29, 1.82) is 0 Å². The fourth-order valence-electron chi connectivity index (χ4n) is 1.69. The molecule has 2 heterocycles. The van der Waals surface area contributed by atoms with Gasteiger partial charge in [0.05, 0.1) is 18.6 Å². The molecule has 1 aliphatic heterocycles. The predicted molar refractivity (Wildman–Crippen MR) is 71.7 cm³/mol. The van der Waals surface area contributed by atoms with Gasteiger partial charge >= 0.3 is 0 Å². The fraction of sp³-hybridized carbons (Fsp3) is 0.615. The molecule has 0 radical (unpaired) electrons. The Morgan fingerprint density at radius 2 is 2.06 bits per heavy atom. The van der Waals surface area contributed by atoms with E-state index < -0.39 is 8.32 Å². The van der Waals surface area contributed by atoms with Crippen molar-refractivity contribution in [2.24, 2.45) is 0 Å². The lowest BCUT2D eigenvalue weighted by Gasteiger charge is -2.44. The number of hydrogen-bond acceptors (Lipinski definition) is 3. The van der Waals surface area contributed by atoms with E-state index >= 15 is 0 Å². The minimum Gasteiger partial charge on any atom is -0.472 e. The Morgan fingerprint density at radius 3 is 2.50 bits per heavy atom. The molecule has 1 fully saturated rings. The summed E-state index contributed by atoms with van der Waals surface area (Å²) in [5.41, 5.74) is 0.971. The monoisotopic (exact) mass is 267 g/mol. The number of carbonyl (C=O) groups excluding carboxylic acids is 1. The number of amides is 1. The Morgan fingerprint density at radius 1 is 1.39 bits per heavy atom. The van der Waals surface area contributed by atoms with E-state index in [-0.39, 0.29) is 23.1 Å². The van der Waals surface area contributed by atoms with Gasteiger partial charge in [-0.3, -0.25) is 4.79 Å². The molecule has 1 amide bonds. The van der Waals surface area contributed by atoms with Crippen LogP contribution < -0.4 is 5.32 Å². The summed E-state index contributed by atoms with van der Waals surface area (Å²) in [4.78, 5) is 11.7. The Kier molecular flexibility index (Phi) is 3.15. The summed E-state index contributed by atoms with van der Waals surface area (Å²) in [6.45, 7) is 10.8. The summed E-state index contributed by atoms with van der Waals surface area (Å²) in [7, 11) is -1.93. The second-order valence-corrected chi connectivity index (χ2v) is 11.1. The first-order chi connectivity index (χ1) is 8.22. The van der Waals surface area contributed by atoms with Crippen LogP contribution in [0.2, 0.25) is 18.1 Å². The molecule has 0 bridgehead atoms. The maximum Gasteiger partial charge on any atom is 0.251 e. The van der Waals surface area contributed by atoms with E-state index in [0.29, 0.717) is 0 Å². The third-order valence-electron chi connectivity index (χ3n) is 3.99. The van der Waals surface area contributed by atoms with Crippen LogP contribution in [0.15, 0.2) is 23.0 Å². The summed E-state index contributed by atoms with van der Waals surface area (Å²) in [5, 5.41) is 2.97. The molecule has 0 aromatic carbocycles. The molecule has 2 rings (SSSR count). The highest BCUT2D eigenvalue weighted by Gasteiger charge is 2.48. The molecule has 1 saturated heterocycles. The van der Waals surface area contributed by atoms with E-state index in [1.807, 2.05) is 6.07 Å². The molecule has 0 unspecified atom stereocenters. The second-order valence-electron chi connectivity index (χ2n) is 6.34. The van der Waals surface area contributed by atoms with E-state index in [9.17, 15) is 4.79 Å². The minimum atomic E-state index is -1.93. The molecule has 0 spiro atoms. The van der Waals surface area contributed by atoms with Gasteiger partial charge in [-0.25, -0.2) is 0 Å². The molecule has 1 N–H and O–H groups in total. The Hall–Kier alpha value is -1.07. The fourth-order valence-corrected chi connectivity index (χ4v) is 2.92. The lowest BCUT2D eigenvalue weighted by molar-refractivity contribution is -0.141. The van der Waals surface area contributed by atoms with Crippen molar-refractivity contribution in [3.63, 3.8) is 0 Å². The first-order valence-electron chi connectivity index (χ1n) is 6.23. The van der Waals surface area contributed by atoms with Crippen LogP contribution in [0.1, 0.15) is 32.4 Å². The number of rotatable bonds is 3. The lowest BCUT2D eigenvalue weighted by Crippen LogP contribution is -2.61. The molecular weight excluding hydrogens is 246 g/mol. The maximum atomic E-state index is 11.7. The van der Waals surface area contributed by atoms with Gasteiger partial charge in [-0.2, -0.15) is 0 Å². The van der Waals surface area contributed by atoms with Gasteiger partial charge in [-0.15, -0.1) is 0 Å². The number of furan rings is 1. The van der Waals surface area contributed by atoms with Gasteiger partial charge in [0.15, 0.2) is 8.32 Å². The van der Waals surface area contributed by atoms with Crippen molar-refractivity contribution >= 4 is 14.2 Å². The van der Waals surface area contributed by atoms with Crippen molar-refractivity contribution in [3.05, 3.63) is 24.2 Å². The smallest absolute Gasteiger partial charge is 0.251 e. The average Bonchev–Trinajstić information content (AvgIpc) is 2.74. The topological polar surface area (TPSA) is 51.5 Å². The van der Waals surface area contributed by atoms with Gasteiger partial charge < -0.3 is 14.2 Å². The summed E-state index contributed by atoms with van der Waals surface area (Å²) in [6, 6.07) is 1.80. The van der Waals surface area contributed by atoms with Crippen molar-refractivity contribution in [3.8, 4) is 0 Å². The van der Waals surface area contributed by atoms with Crippen LogP contribution in [-0.4, -0.2) is 20.3 Å². The Bertz CT molecular complexity index is 434. The highest BCUT2D eigenvalue weighted by Crippen LogP contribution is 2.40. The maximum absolute atomic E-state index is 11.7. The van der Waals surface area contributed by atoms with Crippen molar-refractivity contribution in [2.75, 3.05) is 0 Å². The highest BCUT2D eigenvalue weighted by molar-refractivity contribution is 6.74. The number of carbonyl (C=O) groups is 1. The molecule has 0 saturated carbocycles. The SMILES string of the molecule is CC(C)(C)[Si](C)(C)O[C@H]1C(=O)N[C@H]1c1ccoc1. The molecule has 4 nitrogen and oxygen atoms in total. The summed E-state index contributed by atoms with van der Waals surface area (Å²) in [5.74, 6) is -0.0222. The van der Waals surface area contributed by atoms with Crippen LogP contribution in [0, 0.1) is 0 Å². The van der Waals surface area contributed by atoms with E-state index in [1.165, 1.54) is 0 Å². The molecule has 1 aromatic heterocycles. The standard InChI is InChI=1S/C13H21NO3Si/c1-13(2,3)18(4,5)17-11-10(14-12(11)15)9-6-7-16-8-9/h6-8,10-11H,1-5H3,(H,14,15)/t10-,11+/m0/s1. The zero-order valence-corrected chi connectivity index (χ0v) is 12.6. The largest absolute Gasteiger partial charge is 0.472 e. The quantitative estimate of drug-likeness (QED) is 0.677. The highest BCUT2D eigenvalue weighted by atomic mass is 28.4. The van der Waals surface area contributed by atoms with Crippen LogP contribution in [0.25, 0.3) is 0 Å². The van der Waals surface area contributed by atoms with E-state index in [1.54, 1.807) is 12.5 Å². The number of β-lactam (4-membered cyclic amide) rings is 1. The first kappa shape index (κ1) is 13.4. The molecule has 1 aliphatic rings. The average molecular weight is 267 g/mol. The summed E-state index contributed by atoms with van der Waals surface area (Å²) in [6.07, 6.45) is 2.90. The van der Waals surface area contributed by atoms with Gasteiger partial charge in [-0.05, 0) is 24.2 Å². The Labute approximate surface area is 109 Å². The molecule has 18 heavy (non-hydrogen) atoms. The minimum absolute atomic E-state index is 0.0222. The Balaban J connectivity index is 2.11. The molecule has 5 heteroatoms. The molecular formula is C13H21NO3Si. The summed E-state index contributed by atoms with van der Waals surface area (Å²) >= 11 is 0. The van der Waals surface area contributed by atoms with Gasteiger partial charge in [0.1, 0.15) is 6.10 Å². The third kappa shape index (κ3) is 2.24. The van der Waals surface area contributed by atoms with E-state index in [0.717, 1.165) is 5.56 Å².